The molecule has 5 aromatic carbocycles. The van der Waals surface area contributed by atoms with Crippen molar-refractivity contribution in [2.45, 2.75) is 83.5 Å². The normalized spacial score (nSPS) is 14.1. The minimum Gasteiger partial charge on any atom is -0.469 e. The summed E-state index contributed by atoms with van der Waals surface area (Å²) in [7, 11) is 1.47. The largest absolute Gasteiger partial charge is 0.469 e. The van der Waals surface area contributed by atoms with Crippen LogP contribution in [0.3, 0.4) is 0 Å². The Labute approximate surface area is 293 Å². The van der Waals surface area contributed by atoms with Crippen molar-refractivity contribution < 1.29 is 13.9 Å². The molecule has 4 unspecified atom stereocenters. The molecule has 49 heavy (non-hydrogen) atoms. The van der Waals surface area contributed by atoms with Gasteiger partial charge in [0.25, 0.3) is 0 Å². The molecule has 3 heteroatoms. The van der Waals surface area contributed by atoms with Gasteiger partial charge in [0.1, 0.15) is 5.82 Å². The highest BCUT2D eigenvalue weighted by atomic mass is 19.1. The highest BCUT2D eigenvalue weighted by Crippen LogP contribution is 2.45. The van der Waals surface area contributed by atoms with Crippen LogP contribution in [0.2, 0.25) is 0 Å². The molecule has 0 amide bonds. The van der Waals surface area contributed by atoms with Crippen LogP contribution >= 0.6 is 0 Å². The van der Waals surface area contributed by atoms with Gasteiger partial charge < -0.3 is 4.74 Å². The first-order chi connectivity index (χ1) is 23.7. The van der Waals surface area contributed by atoms with Crippen molar-refractivity contribution in [1.82, 2.24) is 0 Å². The van der Waals surface area contributed by atoms with E-state index in [2.05, 4.69) is 117 Å². The third-order valence-electron chi connectivity index (χ3n) is 10.3. The Balaban J connectivity index is 1.54. The van der Waals surface area contributed by atoms with Crippen molar-refractivity contribution in [2.24, 2.45) is 5.41 Å². The summed E-state index contributed by atoms with van der Waals surface area (Å²) in [5, 5.41) is 0. The average Bonchev–Trinajstić information content (AvgIpc) is 3.13. The summed E-state index contributed by atoms with van der Waals surface area (Å²) in [5.41, 5.74) is 7.95. The molecule has 0 heterocycles. The van der Waals surface area contributed by atoms with E-state index in [0.717, 1.165) is 36.8 Å². The molecule has 0 saturated carbocycles. The monoisotopic (exact) mass is 654 g/mol. The molecule has 0 aromatic heterocycles. The molecular weight excluding hydrogens is 604 g/mol. The summed E-state index contributed by atoms with van der Waals surface area (Å²) in [5.74, 6) is 0.475. The minimum absolute atomic E-state index is 0.0729. The van der Waals surface area contributed by atoms with E-state index >= 15 is 0 Å². The van der Waals surface area contributed by atoms with Crippen LogP contribution in [-0.2, 0) is 9.53 Å². The van der Waals surface area contributed by atoms with Gasteiger partial charge in [-0.25, -0.2) is 4.39 Å². The van der Waals surface area contributed by atoms with Crippen LogP contribution in [0.1, 0.15) is 104 Å². The van der Waals surface area contributed by atoms with E-state index in [1.807, 2.05) is 32.0 Å². The molecule has 0 radical (unpaired) electrons. The molecule has 0 N–H and O–H groups in total. The van der Waals surface area contributed by atoms with Crippen molar-refractivity contribution in [1.29, 1.82) is 0 Å². The van der Waals surface area contributed by atoms with Crippen molar-refractivity contribution in [3.63, 3.8) is 0 Å². The standard InChI is InChI=1S/C46H51FO2/c1-6-34(35-13-9-7-10-14-35)29-41(38-19-17-33(2)18-20-38)30-42(39-25-27-44(47)28-26-39)31-43(32-46(3,4)45(48)49-5)40-23-21-37(22-24-40)36-15-11-8-12-16-36/h7-28,34,41-43H,6,29-32H2,1-5H3. The minimum atomic E-state index is -0.679. The van der Waals surface area contributed by atoms with Crippen LogP contribution in [0.5, 0.6) is 0 Å². The Morgan fingerprint density at radius 1 is 0.592 bits per heavy atom. The predicted octanol–water partition coefficient (Wildman–Crippen LogP) is 12.4. The molecule has 0 spiro atoms. The maximum Gasteiger partial charge on any atom is 0.311 e. The third kappa shape index (κ3) is 9.57. The van der Waals surface area contributed by atoms with Crippen LogP contribution in [0, 0.1) is 18.2 Å². The van der Waals surface area contributed by atoms with Crippen LogP contribution in [0.4, 0.5) is 4.39 Å². The SMILES string of the molecule is CCC(CC(CC(CC(CC(C)(C)C(=O)OC)c1ccc(-c2ccccc2)cc1)c1ccc(F)cc1)c1ccc(C)cc1)c1ccccc1. The zero-order valence-corrected chi connectivity index (χ0v) is 29.7. The molecule has 0 aliphatic heterocycles. The molecule has 0 aliphatic rings. The number of hydrogen-bond donors (Lipinski definition) is 0. The summed E-state index contributed by atoms with van der Waals surface area (Å²) < 4.78 is 19.6. The first kappa shape index (κ1) is 35.8. The number of hydrogen-bond acceptors (Lipinski definition) is 2. The molecule has 0 saturated heterocycles. The Bertz CT molecular complexity index is 1730. The summed E-state index contributed by atoms with van der Waals surface area (Å²) in [6.07, 6.45) is 4.44. The number of aryl methyl sites for hydroxylation is 1. The Hall–Kier alpha value is -4.50. The van der Waals surface area contributed by atoms with Crippen molar-refractivity contribution in [2.75, 3.05) is 7.11 Å². The predicted molar refractivity (Wildman–Crippen MR) is 201 cm³/mol. The quantitative estimate of drug-likeness (QED) is 0.105. The lowest BCUT2D eigenvalue weighted by Gasteiger charge is -2.33. The zero-order chi connectivity index (χ0) is 34.8. The number of carbonyl (C=O) groups excluding carboxylic acids is 1. The molecule has 2 nitrogen and oxygen atoms in total. The Morgan fingerprint density at radius 2 is 1.02 bits per heavy atom. The lowest BCUT2D eigenvalue weighted by atomic mass is 9.71. The first-order valence-corrected chi connectivity index (χ1v) is 17.8. The molecule has 254 valence electrons. The lowest BCUT2D eigenvalue weighted by molar-refractivity contribution is -0.151. The van der Waals surface area contributed by atoms with Crippen LogP contribution in [0.15, 0.2) is 133 Å². The number of benzene rings is 5. The summed E-state index contributed by atoms with van der Waals surface area (Å²) in [6.45, 7) is 8.39. The van der Waals surface area contributed by atoms with Crippen molar-refractivity contribution >= 4 is 5.97 Å². The first-order valence-electron chi connectivity index (χ1n) is 17.8. The number of methoxy groups -OCH3 is 1. The lowest BCUT2D eigenvalue weighted by Crippen LogP contribution is -2.28. The fraction of sp³-hybridized carbons (Fsp3) is 0.326. The molecule has 0 bridgehead atoms. The second-order valence-electron chi connectivity index (χ2n) is 14.3. The highest BCUT2D eigenvalue weighted by molar-refractivity contribution is 5.75. The van der Waals surface area contributed by atoms with E-state index in [0.29, 0.717) is 12.3 Å². The van der Waals surface area contributed by atoms with Crippen molar-refractivity contribution in [3.8, 4) is 11.1 Å². The van der Waals surface area contributed by atoms with Gasteiger partial charge in [-0.3, -0.25) is 4.79 Å². The zero-order valence-electron chi connectivity index (χ0n) is 29.7. The van der Waals surface area contributed by atoms with Gasteiger partial charge in [-0.1, -0.05) is 134 Å². The van der Waals surface area contributed by atoms with E-state index in [4.69, 9.17) is 4.74 Å². The van der Waals surface area contributed by atoms with Gasteiger partial charge in [0.2, 0.25) is 0 Å². The van der Waals surface area contributed by atoms with Gasteiger partial charge in [-0.15, -0.1) is 0 Å². The average molecular weight is 655 g/mol. The molecular formula is C46H51FO2. The summed E-state index contributed by atoms with van der Waals surface area (Å²) in [4.78, 5) is 13.0. The number of ether oxygens (including phenoxy) is 1. The Kier molecular flexibility index (Phi) is 12.2. The smallest absolute Gasteiger partial charge is 0.311 e. The fourth-order valence-electron chi connectivity index (χ4n) is 7.50. The van der Waals surface area contributed by atoms with Crippen LogP contribution < -0.4 is 0 Å². The van der Waals surface area contributed by atoms with E-state index < -0.39 is 5.41 Å². The van der Waals surface area contributed by atoms with Gasteiger partial charge in [0.15, 0.2) is 0 Å². The number of esters is 1. The Morgan fingerprint density at radius 3 is 1.57 bits per heavy atom. The highest BCUT2D eigenvalue weighted by Gasteiger charge is 2.35. The van der Waals surface area contributed by atoms with Crippen molar-refractivity contribution in [3.05, 3.63) is 167 Å². The van der Waals surface area contributed by atoms with Gasteiger partial charge in [-0.05, 0) is 122 Å². The molecule has 0 aliphatic carbocycles. The number of carbonyl (C=O) groups is 1. The fourth-order valence-corrected chi connectivity index (χ4v) is 7.50. The third-order valence-corrected chi connectivity index (χ3v) is 10.3. The number of halogens is 1. The molecule has 0 fully saturated rings. The second-order valence-corrected chi connectivity index (χ2v) is 14.3. The van der Waals surface area contributed by atoms with Crippen LogP contribution in [-0.4, -0.2) is 13.1 Å². The molecule has 5 aromatic rings. The number of rotatable bonds is 15. The summed E-state index contributed by atoms with van der Waals surface area (Å²) >= 11 is 0. The molecule has 4 atom stereocenters. The van der Waals surface area contributed by atoms with E-state index in [1.165, 1.54) is 34.9 Å². The van der Waals surface area contributed by atoms with E-state index in [1.54, 1.807) is 12.1 Å². The van der Waals surface area contributed by atoms with Gasteiger partial charge in [0.05, 0.1) is 12.5 Å². The topological polar surface area (TPSA) is 26.3 Å². The van der Waals surface area contributed by atoms with Gasteiger partial charge in [-0.2, -0.15) is 0 Å². The molecule has 5 rings (SSSR count). The maximum absolute atomic E-state index is 14.3. The van der Waals surface area contributed by atoms with E-state index in [9.17, 15) is 9.18 Å². The van der Waals surface area contributed by atoms with Crippen LogP contribution in [0.25, 0.3) is 11.1 Å². The van der Waals surface area contributed by atoms with E-state index in [-0.39, 0.29) is 29.5 Å². The summed E-state index contributed by atoms with van der Waals surface area (Å²) in [6, 6.07) is 46.2. The van der Waals surface area contributed by atoms with Gasteiger partial charge in [0, 0.05) is 0 Å². The van der Waals surface area contributed by atoms with Gasteiger partial charge >= 0.3 is 5.97 Å². The maximum atomic E-state index is 14.3. The second kappa shape index (κ2) is 16.7.